The van der Waals surface area contributed by atoms with E-state index in [1.54, 1.807) is 30.0 Å². The van der Waals surface area contributed by atoms with Crippen LogP contribution in [0.25, 0.3) is 10.2 Å². The molecule has 0 aliphatic rings. The molecule has 24 heavy (non-hydrogen) atoms. The van der Waals surface area contributed by atoms with Gasteiger partial charge >= 0.3 is 0 Å². The predicted octanol–water partition coefficient (Wildman–Crippen LogP) is 3.93. The molecule has 0 aliphatic heterocycles. The van der Waals surface area contributed by atoms with Crippen LogP contribution in [-0.4, -0.2) is 25.7 Å². The molecule has 126 valence electrons. The van der Waals surface area contributed by atoms with Crippen LogP contribution in [-0.2, 0) is 16.4 Å². The van der Waals surface area contributed by atoms with Crippen molar-refractivity contribution in [3.8, 4) is 0 Å². The first-order valence-electron chi connectivity index (χ1n) is 7.65. The Balaban J connectivity index is 1.72. The SMILES string of the molecule is CCSc1nc2ccc(S(=O)(=O)NCCc3ccccc3)cc2s1. The van der Waals surface area contributed by atoms with Gasteiger partial charge in [0.25, 0.3) is 0 Å². The highest BCUT2D eigenvalue weighted by Gasteiger charge is 2.15. The van der Waals surface area contributed by atoms with Gasteiger partial charge in [-0.1, -0.05) is 49.0 Å². The van der Waals surface area contributed by atoms with Crippen LogP contribution in [0.4, 0.5) is 0 Å². The number of aromatic nitrogens is 1. The highest BCUT2D eigenvalue weighted by atomic mass is 32.2. The Labute approximate surface area is 150 Å². The molecule has 7 heteroatoms. The first kappa shape index (κ1) is 17.4. The lowest BCUT2D eigenvalue weighted by Crippen LogP contribution is -2.25. The summed E-state index contributed by atoms with van der Waals surface area (Å²) in [5.74, 6) is 0.950. The zero-order valence-electron chi connectivity index (χ0n) is 13.2. The molecule has 0 fully saturated rings. The van der Waals surface area contributed by atoms with Crippen LogP contribution in [0.2, 0.25) is 0 Å². The molecule has 1 N–H and O–H groups in total. The number of nitrogens with zero attached hydrogens (tertiary/aromatic N) is 1. The number of nitrogens with one attached hydrogen (secondary N) is 1. The summed E-state index contributed by atoms with van der Waals surface area (Å²) < 4.78 is 29.5. The second-order valence-corrected chi connectivity index (χ2v) is 9.48. The number of thioether (sulfide) groups is 1. The molecule has 0 radical (unpaired) electrons. The number of sulfonamides is 1. The van der Waals surface area contributed by atoms with Crippen molar-refractivity contribution in [2.75, 3.05) is 12.3 Å². The standard InChI is InChI=1S/C17H18N2O2S3/c1-2-22-17-19-15-9-8-14(12-16(15)23-17)24(20,21)18-11-10-13-6-4-3-5-7-13/h3-9,12,18H,2,10-11H2,1H3. The van der Waals surface area contributed by atoms with Gasteiger partial charge in [-0.05, 0) is 35.9 Å². The van der Waals surface area contributed by atoms with Gasteiger partial charge in [0.05, 0.1) is 15.1 Å². The van der Waals surface area contributed by atoms with Gasteiger partial charge in [0.1, 0.15) is 0 Å². The molecule has 0 bridgehead atoms. The number of benzene rings is 2. The zero-order valence-corrected chi connectivity index (χ0v) is 15.7. The minimum atomic E-state index is -3.50. The van der Waals surface area contributed by atoms with Gasteiger partial charge in [-0.3, -0.25) is 0 Å². The Hall–Kier alpha value is -1.41. The van der Waals surface area contributed by atoms with E-state index in [1.165, 1.54) is 11.3 Å². The van der Waals surface area contributed by atoms with Gasteiger partial charge in [-0.2, -0.15) is 0 Å². The highest BCUT2D eigenvalue weighted by Crippen LogP contribution is 2.30. The summed E-state index contributed by atoms with van der Waals surface area (Å²) in [5, 5.41) is 0. The molecule has 0 unspecified atom stereocenters. The second kappa shape index (κ2) is 7.65. The molecule has 0 saturated heterocycles. The number of hydrogen-bond donors (Lipinski definition) is 1. The molecule has 3 rings (SSSR count). The topological polar surface area (TPSA) is 59.1 Å². The molecule has 1 heterocycles. The normalized spacial score (nSPS) is 11.9. The van der Waals surface area contributed by atoms with E-state index in [9.17, 15) is 8.42 Å². The van der Waals surface area contributed by atoms with Gasteiger partial charge in [0, 0.05) is 6.54 Å². The second-order valence-electron chi connectivity index (χ2n) is 5.18. The molecular formula is C17H18N2O2S3. The van der Waals surface area contributed by atoms with Crippen LogP contribution in [0.1, 0.15) is 12.5 Å². The van der Waals surface area contributed by atoms with Crippen molar-refractivity contribution in [1.29, 1.82) is 0 Å². The van der Waals surface area contributed by atoms with Crippen molar-refractivity contribution in [2.45, 2.75) is 22.6 Å². The van der Waals surface area contributed by atoms with Crippen LogP contribution in [0, 0.1) is 0 Å². The van der Waals surface area contributed by atoms with Crippen LogP contribution >= 0.6 is 23.1 Å². The zero-order chi connectivity index (χ0) is 17.0. The van der Waals surface area contributed by atoms with Crippen LogP contribution in [0.3, 0.4) is 0 Å². The van der Waals surface area contributed by atoms with E-state index in [1.807, 2.05) is 30.3 Å². The van der Waals surface area contributed by atoms with Crippen LogP contribution in [0.5, 0.6) is 0 Å². The molecule has 0 amide bonds. The van der Waals surface area contributed by atoms with Crippen LogP contribution in [0.15, 0.2) is 57.8 Å². The van der Waals surface area contributed by atoms with Gasteiger partial charge in [0.15, 0.2) is 4.34 Å². The first-order valence-corrected chi connectivity index (χ1v) is 10.9. The number of fused-ring (bicyclic) bond motifs is 1. The Morgan fingerprint density at radius 3 is 2.71 bits per heavy atom. The first-order chi connectivity index (χ1) is 11.6. The van der Waals surface area contributed by atoms with E-state index in [2.05, 4.69) is 16.6 Å². The molecule has 0 saturated carbocycles. The van der Waals surface area contributed by atoms with Crippen molar-refractivity contribution < 1.29 is 8.42 Å². The molecule has 0 atom stereocenters. The van der Waals surface area contributed by atoms with Crippen molar-refractivity contribution in [1.82, 2.24) is 9.71 Å². The number of thiazole rings is 1. The number of rotatable bonds is 7. The summed E-state index contributed by atoms with van der Waals surface area (Å²) in [5.41, 5.74) is 1.96. The molecule has 0 spiro atoms. The quantitative estimate of drug-likeness (QED) is 0.633. The van der Waals surface area contributed by atoms with Crippen molar-refractivity contribution in [2.24, 2.45) is 0 Å². The monoisotopic (exact) mass is 378 g/mol. The fourth-order valence-electron chi connectivity index (χ4n) is 2.29. The van der Waals surface area contributed by atoms with Gasteiger partial charge in [-0.15, -0.1) is 11.3 Å². The van der Waals surface area contributed by atoms with Gasteiger partial charge in [0.2, 0.25) is 10.0 Å². The minimum absolute atomic E-state index is 0.291. The van der Waals surface area contributed by atoms with Gasteiger partial charge < -0.3 is 0 Å². The summed E-state index contributed by atoms with van der Waals surface area (Å²) >= 11 is 3.20. The van der Waals surface area contributed by atoms with E-state index in [0.717, 1.165) is 25.9 Å². The van der Waals surface area contributed by atoms with Gasteiger partial charge in [-0.25, -0.2) is 18.1 Å². The summed E-state index contributed by atoms with van der Waals surface area (Å²) in [4.78, 5) is 4.79. The van der Waals surface area contributed by atoms with E-state index in [-0.39, 0.29) is 0 Å². The Morgan fingerprint density at radius 2 is 1.96 bits per heavy atom. The smallest absolute Gasteiger partial charge is 0.230 e. The summed E-state index contributed by atoms with van der Waals surface area (Å²) in [6.45, 7) is 2.45. The van der Waals surface area contributed by atoms with Crippen molar-refractivity contribution in [3.05, 3.63) is 54.1 Å². The van der Waals surface area contributed by atoms with E-state index < -0.39 is 10.0 Å². The average Bonchev–Trinajstić information content (AvgIpc) is 2.97. The Kier molecular flexibility index (Phi) is 5.55. The molecule has 1 aromatic heterocycles. The third-order valence-corrected chi connectivity index (χ3v) is 6.97. The fourth-order valence-corrected chi connectivity index (χ4v) is 5.43. The number of hydrogen-bond acceptors (Lipinski definition) is 5. The van der Waals surface area contributed by atoms with E-state index in [4.69, 9.17) is 0 Å². The third-order valence-electron chi connectivity index (χ3n) is 3.47. The fraction of sp³-hybridized carbons (Fsp3) is 0.235. The summed E-state index contributed by atoms with van der Waals surface area (Å²) in [6, 6.07) is 14.9. The molecule has 2 aromatic carbocycles. The summed E-state index contributed by atoms with van der Waals surface area (Å²) in [7, 11) is -3.50. The minimum Gasteiger partial charge on any atom is -0.230 e. The van der Waals surface area contributed by atoms with Crippen molar-refractivity contribution in [3.63, 3.8) is 0 Å². The average molecular weight is 379 g/mol. The lowest BCUT2D eigenvalue weighted by atomic mass is 10.2. The van der Waals surface area contributed by atoms with E-state index in [0.29, 0.717) is 17.9 Å². The van der Waals surface area contributed by atoms with Crippen LogP contribution < -0.4 is 4.72 Å². The Morgan fingerprint density at radius 1 is 1.17 bits per heavy atom. The molecule has 3 aromatic rings. The maximum atomic E-state index is 12.5. The van der Waals surface area contributed by atoms with Crippen molar-refractivity contribution >= 4 is 43.3 Å². The summed E-state index contributed by atoms with van der Waals surface area (Å²) in [6.07, 6.45) is 0.667. The van der Waals surface area contributed by atoms with E-state index >= 15 is 0 Å². The molecule has 0 aliphatic carbocycles. The lowest BCUT2D eigenvalue weighted by Gasteiger charge is -2.07. The Bertz CT molecular complexity index is 921. The lowest BCUT2D eigenvalue weighted by molar-refractivity contribution is 0.582. The largest absolute Gasteiger partial charge is 0.240 e. The third kappa shape index (κ3) is 4.16. The highest BCUT2D eigenvalue weighted by molar-refractivity contribution is 8.01. The predicted molar refractivity (Wildman–Crippen MR) is 101 cm³/mol. The maximum Gasteiger partial charge on any atom is 0.240 e. The molecule has 4 nitrogen and oxygen atoms in total. The molecular weight excluding hydrogens is 360 g/mol. The maximum absolute atomic E-state index is 12.5.